The molecule has 11 heteroatoms. The van der Waals surface area contributed by atoms with Crippen molar-refractivity contribution in [1.29, 1.82) is 0 Å². The summed E-state index contributed by atoms with van der Waals surface area (Å²) in [4.78, 5) is 53.5. The van der Waals surface area contributed by atoms with Gasteiger partial charge in [0.1, 0.15) is 12.2 Å². The highest BCUT2D eigenvalue weighted by Crippen LogP contribution is 2.43. The fraction of sp³-hybridized carbons (Fsp3) is 0.679. The molecule has 3 amide bonds. The van der Waals surface area contributed by atoms with Gasteiger partial charge in [0.05, 0.1) is 13.2 Å². The molecule has 216 valence electrons. The number of rotatable bonds is 9. The fourth-order valence-corrected chi connectivity index (χ4v) is 7.14. The zero-order valence-electron chi connectivity index (χ0n) is 23.8. The molecule has 1 unspecified atom stereocenters. The Bertz CT molecular complexity index is 1080. The molecule has 0 aliphatic carbocycles. The van der Waals surface area contributed by atoms with E-state index in [0.717, 1.165) is 31.5 Å². The van der Waals surface area contributed by atoms with E-state index in [9.17, 15) is 18.9 Å². The van der Waals surface area contributed by atoms with E-state index < -0.39 is 31.6 Å². The van der Waals surface area contributed by atoms with Crippen molar-refractivity contribution in [3.8, 4) is 0 Å². The van der Waals surface area contributed by atoms with E-state index in [1.54, 1.807) is 11.8 Å². The molecule has 0 bridgehead atoms. The maximum atomic E-state index is 14.1. The third-order valence-corrected chi connectivity index (χ3v) is 9.43. The van der Waals surface area contributed by atoms with E-state index in [1.807, 2.05) is 49.1 Å². The van der Waals surface area contributed by atoms with Crippen LogP contribution in [-0.4, -0.2) is 108 Å². The van der Waals surface area contributed by atoms with Crippen molar-refractivity contribution in [2.45, 2.75) is 70.8 Å². The second kappa shape index (κ2) is 12.5. The summed E-state index contributed by atoms with van der Waals surface area (Å²) in [6.07, 6.45) is 0.328. The van der Waals surface area contributed by atoms with Gasteiger partial charge >= 0.3 is 0 Å². The summed E-state index contributed by atoms with van der Waals surface area (Å²) in [6.45, 7) is 9.26. The van der Waals surface area contributed by atoms with Gasteiger partial charge in [-0.05, 0) is 57.8 Å². The topological polar surface area (TPSA) is 99.7 Å². The van der Waals surface area contributed by atoms with Crippen LogP contribution in [0.5, 0.6) is 0 Å². The average Bonchev–Trinajstić information content (AvgIpc) is 2.87. The van der Waals surface area contributed by atoms with Crippen LogP contribution in [0.1, 0.15) is 45.6 Å². The van der Waals surface area contributed by atoms with Crippen LogP contribution in [0, 0.1) is 5.92 Å². The van der Waals surface area contributed by atoms with Gasteiger partial charge in [-0.3, -0.25) is 23.8 Å². The average molecular weight is 563 g/mol. The molecular formula is C28H43N4O6P. The van der Waals surface area contributed by atoms with Gasteiger partial charge in [-0.1, -0.05) is 44.2 Å². The first kappa shape index (κ1) is 29.7. The van der Waals surface area contributed by atoms with E-state index in [0.29, 0.717) is 12.8 Å². The standard InChI is InChI=1S/C28H43N4O6P/c1-6-37-39(5,36)19-26(33)32-25-18-30(22-12-14-29(4)15-13-22)27(34)23(17-21-10-8-7-9-11-21)31(25)28(35)24(38-32)16-20(2)3/h7-11,20,22-25H,6,12-19H2,1-5H3/t23-,24+,25-,39?/m0/s1. The number of piperazine rings is 1. The molecule has 0 spiro atoms. The summed E-state index contributed by atoms with van der Waals surface area (Å²) < 4.78 is 18.4. The maximum absolute atomic E-state index is 14.1. The number of piperidine rings is 1. The molecule has 0 radical (unpaired) electrons. The first-order valence-corrected chi connectivity index (χ1v) is 16.3. The Balaban J connectivity index is 1.72. The lowest BCUT2D eigenvalue weighted by Gasteiger charge is -2.55. The van der Waals surface area contributed by atoms with Crippen LogP contribution in [0.4, 0.5) is 0 Å². The van der Waals surface area contributed by atoms with Crippen molar-refractivity contribution in [3.63, 3.8) is 0 Å². The van der Waals surface area contributed by atoms with Crippen molar-refractivity contribution in [1.82, 2.24) is 19.8 Å². The van der Waals surface area contributed by atoms with Crippen LogP contribution in [0.2, 0.25) is 0 Å². The number of carbonyl (C=O) groups excluding carboxylic acids is 3. The fourth-order valence-electron chi connectivity index (χ4n) is 5.87. The molecule has 3 aliphatic rings. The van der Waals surface area contributed by atoms with Gasteiger partial charge < -0.3 is 19.2 Å². The molecule has 3 aliphatic heterocycles. The Morgan fingerprint density at radius 1 is 1.13 bits per heavy atom. The largest absolute Gasteiger partial charge is 0.334 e. The second-order valence-electron chi connectivity index (χ2n) is 11.5. The molecule has 1 aromatic rings. The Kier molecular flexibility index (Phi) is 9.53. The molecule has 4 rings (SSSR count). The van der Waals surface area contributed by atoms with Crippen molar-refractivity contribution in [2.24, 2.45) is 5.92 Å². The van der Waals surface area contributed by atoms with Crippen molar-refractivity contribution >= 4 is 25.1 Å². The highest BCUT2D eigenvalue weighted by atomic mass is 31.2. The molecule has 3 heterocycles. The van der Waals surface area contributed by atoms with Gasteiger partial charge in [0.15, 0.2) is 12.3 Å². The number of nitrogens with zero attached hydrogens (tertiary/aromatic N) is 4. The number of carbonyl (C=O) groups is 3. The summed E-state index contributed by atoms with van der Waals surface area (Å²) in [5.41, 5.74) is 0.937. The summed E-state index contributed by atoms with van der Waals surface area (Å²) in [5, 5.41) is 1.23. The molecule has 39 heavy (non-hydrogen) atoms. The number of amides is 3. The Labute approximate surface area is 232 Å². The minimum atomic E-state index is -3.22. The van der Waals surface area contributed by atoms with E-state index in [4.69, 9.17) is 9.36 Å². The summed E-state index contributed by atoms with van der Waals surface area (Å²) in [7, 11) is -1.15. The van der Waals surface area contributed by atoms with Crippen LogP contribution in [0.15, 0.2) is 30.3 Å². The number of hydroxylamine groups is 2. The number of likely N-dealkylation sites (tertiary alicyclic amines) is 1. The van der Waals surface area contributed by atoms with E-state index >= 15 is 0 Å². The lowest BCUT2D eigenvalue weighted by atomic mass is 9.94. The van der Waals surface area contributed by atoms with Crippen molar-refractivity contribution < 1.29 is 28.3 Å². The summed E-state index contributed by atoms with van der Waals surface area (Å²) in [5.74, 6) is -0.746. The molecule has 1 aromatic carbocycles. The van der Waals surface area contributed by atoms with Crippen molar-refractivity contribution in [2.75, 3.05) is 46.1 Å². The van der Waals surface area contributed by atoms with Crippen molar-refractivity contribution in [3.05, 3.63) is 35.9 Å². The van der Waals surface area contributed by atoms with Gasteiger partial charge in [-0.2, -0.15) is 5.06 Å². The molecule has 4 atom stereocenters. The zero-order valence-corrected chi connectivity index (χ0v) is 24.7. The highest BCUT2D eigenvalue weighted by Gasteiger charge is 2.54. The molecule has 0 N–H and O–H groups in total. The number of hydrogen-bond acceptors (Lipinski definition) is 7. The second-order valence-corrected chi connectivity index (χ2v) is 14.1. The number of hydrogen-bond donors (Lipinski definition) is 0. The Morgan fingerprint density at radius 2 is 1.79 bits per heavy atom. The third kappa shape index (κ3) is 6.91. The van der Waals surface area contributed by atoms with Gasteiger partial charge in [0, 0.05) is 19.1 Å². The van der Waals surface area contributed by atoms with Crippen LogP contribution in [-0.2, 0) is 34.7 Å². The van der Waals surface area contributed by atoms with Gasteiger partial charge in [-0.15, -0.1) is 0 Å². The number of fused-ring (bicyclic) bond motifs is 1. The van der Waals surface area contributed by atoms with Crippen LogP contribution >= 0.6 is 7.37 Å². The van der Waals surface area contributed by atoms with E-state index in [2.05, 4.69) is 11.9 Å². The number of benzene rings is 1. The highest BCUT2D eigenvalue weighted by molar-refractivity contribution is 7.59. The van der Waals surface area contributed by atoms with Gasteiger partial charge in [-0.25, -0.2) is 0 Å². The first-order valence-electron chi connectivity index (χ1n) is 14.1. The smallest absolute Gasteiger partial charge is 0.257 e. The van der Waals surface area contributed by atoms with Crippen LogP contribution < -0.4 is 0 Å². The molecular weight excluding hydrogens is 519 g/mol. The third-order valence-electron chi connectivity index (χ3n) is 7.78. The normalized spacial score (nSPS) is 26.6. The monoisotopic (exact) mass is 562 g/mol. The first-order chi connectivity index (χ1) is 18.5. The molecule has 3 fully saturated rings. The van der Waals surface area contributed by atoms with Gasteiger partial charge in [0.25, 0.3) is 11.8 Å². The minimum Gasteiger partial charge on any atom is -0.334 e. The molecule has 3 saturated heterocycles. The predicted octanol–water partition coefficient (Wildman–Crippen LogP) is 2.82. The maximum Gasteiger partial charge on any atom is 0.257 e. The van der Waals surface area contributed by atoms with E-state index in [1.165, 1.54) is 11.7 Å². The molecule has 0 aromatic heterocycles. The van der Waals surface area contributed by atoms with E-state index in [-0.39, 0.29) is 43.1 Å². The molecule has 0 saturated carbocycles. The Hall–Kier alpha value is -2.26. The van der Waals surface area contributed by atoms with Crippen LogP contribution in [0.25, 0.3) is 0 Å². The Morgan fingerprint density at radius 3 is 2.41 bits per heavy atom. The predicted molar refractivity (Wildman–Crippen MR) is 148 cm³/mol. The van der Waals surface area contributed by atoms with Gasteiger partial charge in [0.2, 0.25) is 13.3 Å². The lowest BCUT2D eigenvalue weighted by Crippen LogP contribution is -2.75. The SMILES string of the molecule is CCOP(C)(=O)CC(=O)N1O[C@H](CC(C)C)C(=O)N2[C@@H]1CN(C1CCN(C)CC1)C(=O)[C@@H]2Cc1ccccc1. The lowest BCUT2D eigenvalue weighted by molar-refractivity contribution is -0.276. The summed E-state index contributed by atoms with van der Waals surface area (Å²) >= 11 is 0. The zero-order chi connectivity index (χ0) is 28.3. The quantitative estimate of drug-likeness (QED) is 0.427. The van der Waals surface area contributed by atoms with Crippen LogP contribution in [0.3, 0.4) is 0 Å². The summed E-state index contributed by atoms with van der Waals surface area (Å²) in [6, 6.07) is 8.89. The minimum absolute atomic E-state index is 0.00950. The molecule has 10 nitrogen and oxygen atoms in total.